The summed E-state index contributed by atoms with van der Waals surface area (Å²) in [5, 5.41) is 7.65. The number of nitrogens with one attached hydrogen (secondary N) is 1. The number of rotatable bonds is 3. The Labute approximate surface area is 169 Å². The third-order valence-corrected chi connectivity index (χ3v) is 5.14. The molecule has 0 spiro atoms. The van der Waals surface area contributed by atoms with Crippen molar-refractivity contribution in [2.75, 3.05) is 5.32 Å². The van der Waals surface area contributed by atoms with Crippen molar-refractivity contribution in [2.45, 2.75) is 6.92 Å². The molecule has 1 N–H and O–H groups in total. The number of nitrogens with zero attached hydrogens (tertiary/aromatic N) is 3. The van der Waals surface area contributed by atoms with Gasteiger partial charge in [-0.15, -0.1) is 0 Å². The Morgan fingerprint density at radius 2 is 1.96 bits per heavy atom. The number of halogens is 2. The van der Waals surface area contributed by atoms with Gasteiger partial charge in [-0.1, -0.05) is 12.1 Å². The van der Waals surface area contributed by atoms with E-state index < -0.39 is 0 Å². The smallest absolute Gasteiger partial charge is 0.273 e. The lowest BCUT2D eigenvalue weighted by molar-refractivity contribution is 0.101. The average Bonchev–Trinajstić information content (AvgIpc) is 3.09. The Kier molecular flexibility index (Phi) is 4.68. The number of amides is 1. The molecule has 140 valence electrons. The Morgan fingerprint density at radius 1 is 1.14 bits per heavy atom. The lowest BCUT2D eigenvalue weighted by atomic mass is 10.1. The molecule has 2 heterocycles. The maximum atomic E-state index is 13.6. The SMILES string of the molecule is Cc1cc(-c2ccc3cc(F)cc(Br)c3n2)ccc1NC(=O)c1ccnn1C. The number of aromatic nitrogens is 3. The van der Waals surface area contributed by atoms with Crippen molar-refractivity contribution < 1.29 is 9.18 Å². The molecule has 0 aliphatic carbocycles. The molecule has 7 heteroatoms. The van der Waals surface area contributed by atoms with Crippen molar-refractivity contribution in [3.8, 4) is 11.3 Å². The number of aryl methyl sites for hydroxylation is 2. The molecule has 0 bridgehead atoms. The van der Waals surface area contributed by atoms with Crippen LogP contribution >= 0.6 is 15.9 Å². The van der Waals surface area contributed by atoms with E-state index in [1.807, 2.05) is 37.3 Å². The second kappa shape index (κ2) is 7.16. The molecule has 0 saturated heterocycles. The second-order valence-electron chi connectivity index (χ2n) is 6.48. The minimum Gasteiger partial charge on any atom is -0.320 e. The summed E-state index contributed by atoms with van der Waals surface area (Å²) in [4.78, 5) is 17.1. The van der Waals surface area contributed by atoms with Crippen LogP contribution in [0.1, 0.15) is 16.1 Å². The Morgan fingerprint density at radius 3 is 2.68 bits per heavy atom. The molecule has 0 radical (unpaired) electrons. The molecule has 1 amide bonds. The zero-order valence-corrected chi connectivity index (χ0v) is 16.8. The molecule has 2 aromatic heterocycles. The molecule has 0 atom stereocenters. The van der Waals surface area contributed by atoms with E-state index in [0.29, 0.717) is 15.7 Å². The third kappa shape index (κ3) is 3.41. The van der Waals surface area contributed by atoms with Gasteiger partial charge in [0, 0.05) is 34.4 Å². The van der Waals surface area contributed by atoms with Crippen LogP contribution in [0.4, 0.5) is 10.1 Å². The van der Waals surface area contributed by atoms with Crippen LogP contribution in [0.15, 0.2) is 59.2 Å². The highest BCUT2D eigenvalue weighted by Gasteiger charge is 2.12. The van der Waals surface area contributed by atoms with Gasteiger partial charge in [0.15, 0.2) is 0 Å². The highest BCUT2D eigenvalue weighted by atomic mass is 79.9. The summed E-state index contributed by atoms with van der Waals surface area (Å²) in [5.74, 6) is -0.524. The average molecular weight is 439 g/mol. The number of fused-ring (bicyclic) bond motifs is 1. The zero-order chi connectivity index (χ0) is 19.8. The molecule has 0 saturated carbocycles. The summed E-state index contributed by atoms with van der Waals surface area (Å²) in [6, 6.07) is 13.9. The zero-order valence-electron chi connectivity index (χ0n) is 15.2. The molecular formula is C21H16BrFN4O. The van der Waals surface area contributed by atoms with E-state index in [0.717, 1.165) is 27.9 Å². The summed E-state index contributed by atoms with van der Waals surface area (Å²) in [7, 11) is 1.72. The molecule has 0 fully saturated rings. The number of benzene rings is 2. The van der Waals surface area contributed by atoms with Gasteiger partial charge in [0.05, 0.1) is 11.2 Å². The predicted octanol–water partition coefficient (Wildman–Crippen LogP) is 5.10. The molecule has 0 aliphatic rings. The summed E-state index contributed by atoms with van der Waals surface area (Å²) < 4.78 is 15.7. The van der Waals surface area contributed by atoms with Gasteiger partial charge in [-0.3, -0.25) is 9.48 Å². The van der Waals surface area contributed by atoms with Crippen molar-refractivity contribution in [3.63, 3.8) is 0 Å². The fraction of sp³-hybridized carbons (Fsp3) is 0.0952. The molecule has 28 heavy (non-hydrogen) atoms. The van der Waals surface area contributed by atoms with Crippen molar-refractivity contribution in [1.29, 1.82) is 0 Å². The van der Waals surface area contributed by atoms with E-state index in [1.165, 1.54) is 16.8 Å². The minimum absolute atomic E-state index is 0.217. The first-order valence-electron chi connectivity index (χ1n) is 8.58. The number of anilines is 1. The Hall–Kier alpha value is -3.06. The quantitative estimate of drug-likeness (QED) is 0.484. The number of pyridine rings is 1. The van der Waals surface area contributed by atoms with Gasteiger partial charge in [-0.25, -0.2) is 9.37 Å². The molecular weight excluding hydrogens is 423 g/mol. The summed E-state index contributed by atoms with van der Waals surface area (Å²) in [5.41, 5.74) is 4.50. The molecule has 5 nitrogen and oxygen atoms in total. The monoisotopic (exact) mass is 438 g/mol. The molecule has 2 aromatic carbocycles. The van der Waals surface area contributed by atoms with Crippen molar-refractivity contribution in [3.05, 3.63) is 76.3 Å². The van der Waals surface area contributed by atoms with Gasteiger partial charge in [-0.2, -0.15) is 5.10 Å². The van der Waals surface area contributed by atoms with Gasteiger partial charge in [0.2, 0.25) is 0 Å². The van der Waals surface area contributed by atoms with Crippen LogP contribution in [0, 0.1) is 12.7 Å². The predicted molar refractivity (Wildman–Crippen MR) is 111 cm³/mol. The first-order valence-corrected chi connectivity index (χ1v) is 9.38. The van der Waals surface area contributed by atoms with Gasteiger partial charge >= 0.3 is 0 Å². The minimum atomic E-state index is -0.307. The lowest BCUT2D eigenvalue weighted by Gasteiger charge is -2.11. The van der Waals surface area contributed by atoms with Gasteiger partial charge in [0.25, 0.3) is 5.91 Å². The first-order chi connectivity index (χ1) is 13.4. The molecule has 0 aliphatic heterocycles. The lowest BCUT2D eigenvalue weighted by Crippen LogP contribution is -2.16. The van der Waals surface area contributed by atoms with E-state index in [1.54, 1.807) is 19.3 Å². The normalized spacial score (nSPS) is 11.0. The van der Waals surface area contributed by atoms with Crippen LogP contribution in [0.2, 0.25) is 0 Å². The van der Waals surface area contributed by atoms with Gasteiger partial charge in [-0.05, 0) is 64.8 Å². The second-order valence-corrected chi connectivity index (χ2v) is 7.33. The van der Waals surface area contributed by atoms with Crippen LogP contribution in [-0.2, 0) is 7.05 Å². The van der Waals surface area contributed by atoms with Crippen LogP contribution in [0.5, 0.6) is 0 Å². The highest BCUT2D eigenvalue weighted by Crippen LogP contribution is 2.29. The largest absolute Gasteiger partial charge is 0.320 e. The maximum Gasteiger partial charge on any atom is 0.273 e. The van der Waals surface area contributed by atoms with Gasteiger partial charge < -0.3 is 5.32 Å². The van der Waals surface area contributed by atoms with Crippen LogP contribution in [-0.4, -0.2) is 20.7 Å². The van der Waals surface area contributed by atoms with Crippen molar-refractivity contribution in [1.82, 2.24) is 14.8 Å². The molecule has 4 rings (SSSR count). The fourth-order valence-corrected chi connectivity index (χ4v) is 3.60. The Bertz CT molecular complexity index is 1220. The summed E-state index contributed by atoms with van der Waals surface area (Å²) in [6.07, 6.45) is 1.58. The summed E-state index contributed by atoms with van der Waals surface area (Å²) in [6.45, 7) is 1.93. The van der Waals surface area contributed by atoms with Crippen molar-refractivity contribution in [2.24, 2.45) is 7.05 Å². The van der Waals surface area contributed by atoms with E-state index in [-0.39, 0.29) is 11.7 Å². The number of hydrogen-bond acceptors (Lipinski definition) is 3. The first kappa shape index (κ1) is 18.3. The topological polar surface area (TPSA) is 59.8 Å². The highest BCUT2D eigenvalue weighted by molar-refractivity contribution is 9.10. The maximum absolute atomic E-state index is 13.6. The van der Waals surface area contributed by atoms with Crippen LogP contribution in [0.3, 0.4) is 0 Å². The van der Waals surface area contributed by atoms with E-state index in [2.05, 4.69) is 31.3 Å². The fourth-order valence-electron chi connectivity index (χ4n) is 3.06. The number of carbonyl (C=O) groups is 1. The molecule has 0 unspecified atom stereocenters. The Balaban J connectivity index is 1.65. The van der Waals surface area contributed by atoms with Crippen LogP contribution in [0.25, 0.3) is 22.2 Å². The summed E-state index contributed by atoms with van der Waals surface area (Å²) >= 11 is 3.38. The third-order valence-electron chi connectivity index (χ3n) is 4.53. The van der Waals surface area contributed by atoms with E-state index in [4.69, 9.17) is 0 Å². The number of carbonyl (C=O) groups excluding carboxylic acids is 1. The standard InChI is InChI=1S/C21H16BrFN4O/c1-12-9-13(3-5-17(12)26-21(28)19-7-8-24-27(19)2)18-6-4-14-10-15(23)11-16(22)20(14)25-18/h3-11H,1-2H3,(H,26,28). The van der Waals surface area contributed by atoms with Crippen LogP contribution < -0.4 is 5.32 Å². The van der Waals surface area contributed by atoms with Gasteiger partial charge in [0.1, 0.15) is 11.5 Å². The van der Waals surface area contributed by atoms with Crippen molar-refractivity contribution >= 4 is 38.4 Å². The van der Waals surface area contributed by atoms with E-state index in [9.17, 15) is 9.18 Å². The van der Waals surface area contributed by atoms with E-state index >= 15 is 0 Å². The molecule has 4 aromatic rings. The number of hydrogen-bond donors (Lipinski definition) is 1.